The molecule has 0 fully saturated rings. The minimum absolute atomic E-state index is 0.0378. The summed E-state index contributed by atoms with van der Waals surface area (Å²) in [5, 5.41) is 13.8. The van der Waals surface area contributed by atoms with Crippen molar-refractivity contribution < 1.29 is 4.52 Å². The van der Waals surface area contributed by atoms with E-state index in [9.17, 15) is 0 Å². The van der Waals surface area contributed by atoms with Gasteiger partial charge in [0.05, 0.1) is 5.25 Å². The van der Waals surface area contributed by atoms with Crippen molar-refractivity contribution in [1.29, 1.82) is 0 Å². The van der Waals surface area contributed by atoms with E-state index >= 15 is 0 Å². The molecule has 2 heterocycles. The van der Waals surface area contributed by atoms with E-state index in [1.54, 1.807) is 11.8 Å². The van der Waals surface area contributed by atoms with Gasteiger partial charge in [0.1, 0.15) is 0 Å². The van der Waals surface area contributed by atoms with Crippen LogP contribution in [0.4, 0.5) is 0 Å². The average Bonchev–Trinajstić information content (AvgIpc) is 3.36. The molecule has 0 saturated carbocycles. The molecule has 0 aliphatic rings. The Morgan fingerprint density at radius 2 is 1.79 bits per heavy atom. The molecule has 0 unspecified atom stereocenters. The van der Waals surface area contributed by atoms with Crippen LogP contribution in [0.25, 0.3) is 22.8 Å². The van der Waals surface area contributed by atoms with Crippen molar-refractivity contribution in [3.05, 3.63) is 66.1 Å². The number of thioether (sulfide) groups is 1. The smallest absolute Gasteiger partial charge is 0.240 e. The molecule has 0 bridgehead atoms. The van der Waals surface area contributed by atoms with Crippen molar-refractivity contribution >= 4 is 11.8 Å². The summed E-state index contributed by atoms with van der Waals surface area (Å²) in [7, 11) is 0. The van der Waals surface area contributed by atoms with E-state index in [2.05, 4.69) is 50.9 Å². The summed E-state index contributed by atoms with van der Waals surface area (Å²) in [6.45, 7) is 7.00. The van der Waals surface area contributed by atoms with Gasteiger partial charge in [0.2, 0.25) is 11.7 Å². The van der Waals surface area contributed by atoms with Crippen LogP contribution in [0.1, 0.15) is 30.6 Å². The van der Waals surface area contributed by atoms with Crippen LogP contribution < -0.4 is 0 Å². The predicted octanol–water partition coefficient (Wildman–Crippen LogP) is 5.18. The van der Waals surface area contributed by atoms with E-state index in [-0.39, 0.29) is 5.25 Å². The first-order valence-corrected chi connectivity index (χ1v) is 10.1. The molecule has 0 saturated heterocycles. The molecule has 0 N–H and O–H groups in total. The first-order valence-electron chi connectivity index (χ1n) is 9.22. The first kappa shape index (κ1) is 18.4. The largest absolute Gasteiger partial charge is 0.338 e. The molecule has 0 aliphatic carbocycles. The van der Waals surface area contributed by atoms with Crippen LogP contribution in [-0.2, 0) is 6.54 Å². The van der Waals surface area contributed by atoms with Gasteiger partial charge in [-0.3, -0.25) is 0 Å². The number of hydrogen-bond acceptors (Lipinski definition) is 6. The SMILES string of the molecule is CCn1c(S[C@H](C)c2nc(-c3ccccc3)no2)nnc1-c1ccccc1C. The Labute approximate surface area is 168 Å². The van der Waals surface area contributed by atoms with Crippen molar-refractivity contribution in [2.75, 3.05) is 0 Å². The van der Waals surface area contributed by atoms with E-state index in [1.165, 1.54) is 5.56 Å². The third kappa shape index (κ3) is 3.57. The summed E-state index contributed by atoms with van der Waals surface area (Å²) in [5.41, 5.74) is 3.22. The van der Waals surface area contributed by atoms with Gasteiger partial charge >= 0.3 is 0 Å². The highest BCUT2D eigenvalue weighted by Gasteiger charge is 2.21. The molecule has 6 nitrogen and oxygen atoms in total. The van der Waals surface area contributed by atoms with Gasteiger partial charge in [-0.05, 0) is 26.3 Å². The predicted molar refractivity (Wildman–Crippen MR) is 110 cm³/mol. The van der Waals surface area contributed by atoms with Gasteiger partial charge in [0.25, 0.3) is 0 Å². The zero-order valence-corrected chi connectivity index (χ0v) is 16.8. The van der Waals surface area contributed by atoms with Crippen molar-refractivity contribution in [3.8, 4) is 22.8 Å². The van der Waals surface area contributed by atoms with E-state index in [0.29, 0.717) is 11.7 Å². The van der Waals surface area contributed by atoms with Crippen molar-refractivity contribution in [2.24, 2.45) is 0 Å². The topological polar surface area (TPSA) is 69.6 Å². The Kier molecular flexibility index (Phi) is 5.25. The van der Waals surface area contributed by atoms with Gasteiger partial charge in [-0.1, -0.05) is 71.5 Å². The highest BCUT2D eigenvalue weighted by atomic mass is 32.2. The minimum Gasteiger partial charge on any atom is -0.338 e. The third-order valence-electron chi connectivity index (χ3n) is 4.52. The summed E-state index contributed by atoms with van der Waals surface area (Å²) in [4.78, 5) is 4.56. The second-order valence-electron chi connectivity index (χ2n) is 6.45. The second kappa shape index (κ2) is 7.98. The van der Waals surface area contributed by atoms with Gasteiger partial charge in [-0.15, -0.1) is 10.2 Å². The number of aromatic nitrogens is 5. The van der Waals surface area contributed by atoms with Crippen LogP contribution in [0.3, 0.4) is 0 Å². The van der Waals surface area contributed by atoms with Crippen molar-refractivity contribution in [3.63, 3.8) is 0 Å². The van der Waals surface area contributed by atoms with Crippen LogP contribution in [0.15, 0.2) is 64.3 Å². The maximum Gasteiger partial charge on any atom is 0.240 e. The van der Waals surface area contributed by atoms with E-state index in [4.69, 9.17) is 4.52 Å². The summed E-state index contributed by atoms with van der Waals surface area (Å²) in [6.07, 6.45) is 0. The number of rotatable bonds is 6. The van der Waals surface area contributed by atoms with Crippen LogP contribution in [0.5, 0.6) is 0 Å². The van der Waals surface area contributed by atoms with Crippen molar-refractivity contribution in [2.45, 2.75) is 37.7 Å². The van der Waals surface area contributed by atoms with Crippen LogP contribution in [-0.4, -0.2) is 24.9 Å². The zero-order valence-electron chi connectivity index (χ0n) is 16.0. The van der Waals surface area contributed by atoms with Crippen LogP contribution in [0, 0.1) is 6.92 Å². The van der Waals surface area contributed by atoms with Gasteiger partial charge in [-0.2, -0.15) is 4.98 Å². The number of aryl methyl sites for hydroxylation is 1. The van der Waals surface area contributed by atoms with E-state index < -0.39 is 0 Å². The third-order valence-corrected chi connectivity index (χ3v) is 5.59. The fourth-order valence-corrected chi connectivity index (χ4v) is 3.94. The standard InChI is InChI=1S/C21H21N5OS/c1-4-26-19(17-13-9-8-10-14(17)2)23-24-21(26)28-15(3)20-22-18(25-27-20)16-11-6-5-7-12-16/h5-13,15H,4H2,1-3H3/t15-/m1/s1. The Morgan fingerprint density at radius 3 is 2.54 bits per heavy atom. The van der Waals surface area contributed by atoms with Gasteiger partial charge < -0.3 is 9.09 Å². The lowest BCUT2D eigenvalue weighted by atomic mass is 10.1. The monoisotopic (exact) mass is 391 g/mol. The molecule has 2 aromatic heterocycles. The highest BCUT2D eigenvalue weighted by molar-refractivity contribution is 7.99. The first-order chi connectivity index (χ1) is 13.7. The van der Waals surface area contributed by atoms with Crippen molar-refractivity contribution in [1.82, 2.24) is 24.9 Å². The maximum absolute atomic E-state index is 5.50. The van der Waals surface area contributed by atoms with E-state index in [0.717, 1.165) is 28.7 Å². The molecule has 0 amide bonds. The fraction of sp³-hybridized carbons (Fsp3) is 0.238. The molecule has 7 heteroatoms. The molecule has 142 valence electrons. The number of hydrogen-bond donors (Lipinski definition) is 0. The molecule has 0 aliphatic heterocycles. The average molecular weight is 392 g/mol. The summed E-state index contributed by atoms with van der Waals surface area (Å²) < 4.78 is 7.62. The summed E-state index contributed by atoms with van der Waals surface area (Å²) in [6, 6.07) is 18.0. The normalized spacial score (nSPS) is 12.2. The molecule has 1 atom stereocenters. The van der Waals surface area contributed by atoms with Gasteiger partial charge in [-0.25, -0.2) is 0 Å². The molecule has 4 rings (SSSR count). The van der Waals surface area contributed by atoms with Gasteiger partial charge in [0, 0.05) is 17.7 Å². The molecular formula is C21H21N5OS. The molecule has 2 aromatic carbocycles. The second-order valence-corrected chi connectivity index (χ2v) is 7.76. The lowest BCUT2D eigenvalue weighted by molar-refractivity contribution is 0.380. The molecular weight excluding hydrogens is 370 g/mol. The molecule has 0 radical (unpaired) electrons. The summed E-state index contributed by atoms with van der Waals surface area (Å²) >= 11 is 1.57. The molecule has 4 aromatic rings. The maximum atomic E-state index is 5.50. The Hall–Kier alpha value is -2.93. The number of benzene rings is 2. The van der Waals surface area contributed by atoms with Crippen LogP contribution in [0.2, 0.25) is 0 Å². The Morgan fingerprint density at radius 1 is 1.04 bits per heavy atom. The Balaban J connectivity index is 1.58. The quantitative estimate of drug-likeness (QED) is 0.422. The lowest BCUT2D eigenvalue weighted by Crippen LogP contribution is -2.01. The highest BCUT2D eigenvalue weighted by Crippen LogP contribution is 2.35. The Bertz CT molecular complexity index is 1070. The van der Waals surface area contributed by atoms with Crippen LogP contribution >= 0.6 is 11.8 Å². The van der Waals surface area contributed by atoms with Gasteiger partial charge in [0.15, 0.2) is 11.0 Å². The summed E-state index contributed by atoms with van der Waals surface area (Å²) in [5.74, 6) is 2.05. The zero-order chi connectivity index (χ0) is 19.5. The van der Waals surface area contributed by atoms with E-state index in [1.807, 2.05) is 49.4 Å². The number of nitrogens with zero attached hydrogens (tertiary/aromatic N) is 5. The lowest BCUT2D eigenvalue weighted by Gasteiger charge is -2.10. The minimum atomic E-state index is -0.0378. The fourth-order valence-electron chi connectivity index (χ4n) is 3.00. The molecule has 0 spiro atoms. The molecule has 28 heavy (non-hydrogen) atoms.